The van der Waals surface area contributed by atoms with Crippen molar-refractivity contribution >= 4 is 0 Å². The van der Waals surface area contributed by atoms with Crippen molar-refractivity contribution in [2.45, 2.75) is 27.3 Å². The summed E-state index contributed by atoms with van der Waals surface area (Å²) in [7, 11) is 1.70. The van der Waals surface area contributed by atoms with Gasteiger partial charge >= 0.3 is 0 Å². The Hall–Kier alpha value is -1.81. The Bertz CT molecular complexity index is 587. The number of aromatic nitrogens is 2. The number of ether oxygens (including phenoxy) is 1. The average Bonchev–Trinajstić information content (AvgIpc) is 2.69. The molecule has 0 aliphatic carbocycles. The number of aryl methyl sites for hydroxylation is 3. The van der Waals surface area contributed by atoms with E-state index in [0.29, 0.717) is 13.1 Å². The topological polar surface area (TPSA) is 53.1 Å². The van der Waals surface area contributed by atoms with E-state index in [0.717, 1.165) is 22.7 Å². The van der Waals surface area contributed by atoms with E-state index >= 15 is 0 Å². The third kappa shape index (κ3) is 2.63. The van der Waals surface area contributed by atoms with Crippen molar-refractivity contribution in [3.8, 4) is 17.0 Å². The average molecular weight is 259 g/mol. The maximum atomic E-state index is 5.66. The molecule has 102 valence electrons. The second-order valence-corrected chi connectivity index (χ2v) is 4.84. The van der Waals surface area contributed by atoms with E-state index in [-0.39, 0.29) is 0 Å². The van der Waals surface area contributed by atoms with Crippen LogP contribution in [0.4, 0.5) is 0 Å². The van der Waals surface area contributed by atoms with Gasteiger partial charge in [-0.15, -0.1) is 0 Å². The van der Waals surface area contributed by atoms with Crippen molar-refractivity contribution in [3.63, 3.8) is 0 Å². The Balaban J connectivity index is 2.64. The van der Waals surface area contributed by atoms with Crippen LogP contribution in [0.2, 0.25) is 0 Å². The van der Waals surface area contributed by atoms with Gasteiger partial charge in [0.1, 0.15) is 5.75 Å². The predicted octanol–water partition coefficient (Wildman–Crippen LogP) is 2.44. The van der Waals surface area contributed by atoms with E-state index in [1.54, 1.807) is 7.11 Å². The standard InChI is InChI=1S/C15H21N3O/c1-10-7-11(2)15(14(8-10)19-4)13-9-12(3)17-18(13)6-5-16/h7-9H,5-6,16H2,1-4H3. The normalized spacial score (nSPS) is 10.8. The summed E-state index contributed by atoms with van der Waals surface area (Å²) < 4.78 is 7.49. The summed E-state index contributed by atoms with van der Waals surface area (Å²) in [6.45, 7) is 7.44. The highest BCUT2D eigenvalue weighted by molar-refractivity contribution is 5.72. The molecular formula is C15H21N3O. The van der Waals surface area contributed by atoms with Gasteiger partial charge in [0, 0.05) is 12.1 Å². The summed E-state index contributed by atoms with van der Waals surface area (Å²) in [5.74, 6) is 0.885. The Morgan fingerprint density at radius 3 is 2.58 bits per heavy atom. The Labute approximate surface area is 114 Å². The molecule has 2 N–H and O–H groups in total. The minimum Gasteiger partial charge on any atom is -0.496 e. The fraction of sp³-hybridized carbons (Fsp3) is 0.400. The van der Waals surface area contributed by atoms with Gasteiger partial charge in [0.2, 0.25) is 0 Å². The van der Waals surface area contributed by atoms with Crippen LogP contribution in [0.15, 0.2) is 18.2 Å². The summed E-state index contributed by atoms with van der Waals surface area (Å²) in [6.07, 6.45) is 0. The van der Waals surface area contributed by atoms with Crippen LogP contribution in [0.1, 0.15) is 16.8 Å². The van der Waals surface area contributed by atoms with Gasteiger partial charge in [-0.3, -0.25) is 4.68 Å². The second-order valence-electron chi connectivity index (χ2n) is 4.84. The molecule has 0 fully saturated rings. The molecule has 0 aliphatic rings. The molecule has 19 heavy (non-hydrogen) atoms. The lowest BCUT2D eigenvalue weighted by molar-refractivity contribution is 0.415. The van der Waals surface area contributed by atoms with E-state index in [2.05, 4.69) is 37.1 Å². The van der Waals surface area contributed by atoms with Crippen molar-refractivity contribution in [2.75, 3.05) is 13.7 Å². The largest absolute Gasteiger partial charge is 0.496 e. The summed E-state index contributed by atoms with van der Waals surface area (Å²) in [4.78, 5) is 0. The zero-order valence-electron chi connectivity index (χ0n) is 12.0. The molecule has 0 bridgehead atoms. The van der Waals surface area contributed by atoms with Gasteiger partial charge in [0.15, 0.2) is 0 Å². The molecule has 0 atom stereocenters. The van der Waals surface area contributed by atoms with Crippen LogP contribution in [0.5, 0.6) is 5.75 Å². The van der Waals surface area contributed by atoms with Gasteiger partial charge in [0.25, 0.3) is 0 Å². The smallest absolute Gasteiger partial charge is 0.128 e. The van der Waals surface area contributed by atoms with E-state index in [4.69, 9.17) is 10.5 Å². The Morgan fingerprint density at radius 1 is 1.21 bits per heavy atom. The monoisotopic (exact) mass is 259 g/mol. The van der Waals surface area contributed by atoms with Gasteiger partial charge in [-0.25, -0.2) is 0 Å². The van der Waals surface area contributed by atoms with Crippen LogP contribution in [0.3, 0.4) is 0 Å². The Morgan fingerprint density at radius 2 is 1.95 bits per heavy atom. The summed E-state index contributed by atoms with van der Waals surface area (Å²) >= 11 is 0. The summed E-state index contributed by atoms with van der Waals surface area (Å²) in [6, 6.07) is 6.29. The number of rotatable bonds is 4. The van der Waals surface area contributed by atoms with Crippen molar-refractivity contribution in [2.24, 2.45) is 5.73 Å². The highest BCUT2D eigenvalue weighted by atomic mass is 16.5. The maximum Gasteiger partial charge on any atom is 0.128 e. The molecule has 2 rings (SSSR count). The first-order valence-corrected chi connectivity index (χ1v) is 6.47. The lowest BCUT2D eigenvalue weighted by atomic mass is 10.0. The lowest BCUT2D eigenvalue weighted by Gasteiger charge is -2.14. The molecule has 0 amide bonds. The Kier molecular flexibility index (Phi) is 3.90. The van der Waals surface area contributed by atoms with E-state index in [1.165, 1.54) is 11.1 Å². The molecule has 4 nitrogen and oxygen atoms in total. The quantitative estimate of drug-likeness (QED) is 0.917. The molecule has 1 heterocycles. The van der Waals surface area contributed by atoms with Crippen molar-refractivity contribution in [1.82, 2.24) is 9.78 Å². The molecule has 0 saturated heterocycles. The number of nitrogens with two attached hydrogens (primary N) is 1. The number of methoxy groups -OCH3 is 1. The van der Waals surface area contributed by atoms with E-state index in [9.17, 15) is 0 Å². The highest BCUT2D eigenvalue weighted by Crippen LogP contribution is 2.34. The van der Waals surface area contributed by atoms with Crippen LogP contribution < -0.4 is 10.5 Å². The third-order valence-corrected chi connectivity index (χ3v) is 3.16. The second kappa shape index (κ2) is 5.45. The minimum absolute atomic E-state index is 0.571. The predicted molar refractivity (Wildman–Crippen MR) is 77.5 cm³/mol. The summed E-state index contributed by atoms with van der Waals surface area (Å²) in [5, 5.41) is 4.50. The fourth-order valence-corrected chi connectivity index (χ4v) is 2.46. The number of hydrogen-bond acceptors (Lipinski definition) is 3. The lowest BCUT2D eigenvalue weighted by Crippen LogP contribution is -2.12. The number of nitrogens with zero attached hydrogens (tertiary/aromatic N) is 2. The van der Waals surface area contributed by atoms with Crippen LogP contribution in [-0.2, 0) is 6.54 Å². The van der Waals surface area contributed by atoms with Crippen LogP contribution in [-0.4, -0.2) is 23.4 Å². The summed E-state index contributed by atoms with van der Waals surface area (Å²) in [5.41, 5.74) is 11.2. The molecule has 0 unspecified atom stereocenters. The van der Waals surface area contributed by atoms with Crippen molar-refractivity contribution in [1.29, 1.82) is 0 Å². The first-order valence-electron chi connectivity index (χ1n) is 6.47. The zero-order valence-corrected chi connectivity index (χ0v) is 12.0. The van der Waals surface area contributed by atoms with Crippen LogP contribution in [0, 0.1) is 20.8 Å². The molecule has 1 aromatic heterocycles. The molecular weight excluding hydrogens is 238 g/mol. The van der Waals surface area contributed by atoms with E-state index < -0.39 is 0 Å². The first kappa shape index (κ1) is 13.6. The maximum absolute atomic E-state index is 5.66. The van der Waals surface area contributed by atoms with E-state index in [1.807, 2.05) is 11.6 Å². The fourth-order valence-electron chi connectivity index (χ4n) is 2.46. The minimum atomic E-state index is 0.571. The zero-order chi connectivity index (χ0) is 14.0. The number of hydrogen-bond donors (Lipinski definition) is 1. The van der Waals surface area contributed by atoms with Gasteiger partial charge in [-0.2, -0.15) is 5.10 Å². The van der Waals surface area contributed by atoms with Gasteiger partial charge in [-0.1, -0.05) is 6.07 Å². The van der Waals surface area contributed by atoms with Crippen molar-refractivity contribution < 1.29 is 4.74 Å². The van der Waals surface area contributed by atoms with Crippen molar-refractivity contribution in [3.05, 3.63) is 35.0 Å². The van der Waals surface area contributed by atoms with Crippen LogP contribution >= 0.6 is 0 Å². The molecule has 0 radical (unpaired) electrons. The molecule has 0 aliphatic heterocycles. The SMILES string of the molecule is COc1cc(C)cc(C)c1-c1cc(C)nn1CCN. The van der Waals surface area contributed by atoms with Gasteiger partial charge < -0.3 is 10.5 Å². The molecule has 2 aromatic rings. The molecule has 0 saturated carbocycles. The molecule has 0 spiro atoms. The van der Waals surface area contributed by atoms with Crippen LogP contribution in [0.25, 0.3) is 11.3 Å². The van der Waals surface area contributed by atoms with Gasteiger partial charge in [-0.05, 0) is 44.0 Å². The molecule has 4 heteroatoms. The highest BCUT2D eigenvalue weighted by Gasteiger charge is 2.15. The molecule has 1 aromatic carbocycles. The third-order valence-electron chi connectivity index (χ3n) is 3.16. The number of benzene rings is 1. The van der Waals surface area contributed by atoms with Gasteiger partial charge in [0.05, 0.1) is 25.0 Å². The first-order chi connectivity index (χ1) is 9.06.